The molecular formula is C16H12N4O2S. The van der Waals surface area contributed by atoms with Gasteiger partial charge in [-0.15, -0.1) is 0 Å². The lowest BCUT2D eigenvalue weighted by Gasteiger charge is -2.12. The van der Waals surface area contributed by atoms with Crippen LogP contribution >= 0.6 is 11.8 Å². The first-order valence-corrected chi connectivity index (χ1v) is 7.49. The normalized spacial score (nSPS) is 9.70. The summed E-state index contributed by atoms with van der Waals surface area (Å²) >= 11 is 1.05. The maximum Gasteiger partial charge on any atom is 0.316 e. The van der Waals surface area contributed by atoms with Crippen molar-refractivity contribution in [3.05, 3.63) is 41.5 Å². The van der Waals surface area contributed by atoms with E-state index in [9.17, 15) is 15.3 Å². The van der Waals surface area contributed by atoms with Crippen molar-refractivity contribution in [1.29, 1.82) is 10.5 Å². The SMILES string of the molecule is COC(=O)CSc1nc(N)c(C#N)c(-c2ccccc2)c1C#N. The van der Waals surface area contributed by atoms with Crippen molar-refractivity contribution in [2.45, 2.75) is 5.03 Å². The highest BCUT2D eigenvalue weighted by Crippen LogP contribution is 2.35. The molecule has 0 atom stereocenters. The van der Waals surface area contributed by atoms with Crippen LogP contribution in [0.15, 0.2) is 35.4 Å². The second-order valence-electron chi connectivity index (χ2n) is 4.38. The van der Waals surface area contributed by atoms with Crippen LogP contribution in [0.2, 0.25) is 0 Å². The molecule has 0 aliphatic rings. The van der Waals surface area contributed by atoms with E-state index in [1.54, 1.807) is 24.3 Å². The topological polar surface area (TPSA) is 113 Å². The van der Waals surface area contributed by atoms with E-state index in [1.165, 1.54) is 7.11 Å². The van der Waals surface area contributed by atoms with Crippen molar-refractivity contribution in [1.82, 2.24) is 4.98 Å². The van der Waals surface area contributed by atoms with E-state index < -0.39 is 5.97 Å². The van der Waals surface area contributed by atoms with Crippen molar-refractivity contribution in [3.63, 3.8) is 0 Å². The molecular weight excluding hydrogens is 312 g/mol. The Morgan fingerprint density at radius 1 is 1.26 bits per heavy atom. The van der Waals surface area contributed by atoms with Crippen molar-refractivity contribution in [3.8, 4) is 23.3 Å². The largest absolute Gasteiger partial charge is 0.468 e. The highest BCUT2D eigenvalue weighted by molar-refractivity contribution is 7.99. The van der Waals surface area contributed by atoms with Crippen molar-refractivity contribution < 1.29 is 9.53 Å². The van der Waals surface area contributed by atoms with Crippen LogP contribution in [0.4, 0.5) is 5.82 Å². The number of nitrogens with two attached hydrogens (primary N) is 1. The number of pyridine rings is 1. The van der Waals surface area contributed by atoms with E-state index in [4.69, 9.17) is 5.73 Å². The number of carbonyl (C=O) groups excluding carboxylic acids is 1. The van der Waals surface area contributed by atoms with E-state index >= 15 is 0 Å². The van der Waals surface area contributed by atoms with Crippen LogP contribution in [0.5, 0.6) is 0 Å². The summed E-state index contributed by atoms with van der Waals surface area (Å²) in [6.45, 7) is 0. The number of carbonyl (C=O) groups is 1. The third-order valence-electron chi connectivity index (χ3n) is 3.03. The number of anilines is 1. The first-order valence-electron chi connectivity index (χ1n) is 6.51. The number of esters is 1. The highest BCUT2D eigenvalue weighted by atomic mass is 32.2. The van der Waals surface area contributed by atoms with Crippen LogP contribution in [0.3, 0.4) is 0 Å². The van der Waals surface area contributed by atoms with Crippen LogP contribution in [0.25, 0.3) is 11.1 Å². The van der Waals surface area contributed by atoms with Crippen LogP contribution in [-0.2, 0) is 9.53 Å². The Morgan fingerprint density at radius 2 is 1.91 bits per heavy atom. The second kappa shape index (κ2) is 7.30. The molecule has 7 heteroatoms. The van der Waals surface area contributed by atoms with Crippen molar-refractivity contribution >= 4 is 23.5 Å². The van der Waals surface area contributed by atoms with Gasteiger partial charge in [-0.05, 0) is 5.56 Å². The first-order chi connectivity index (χ1) is 11.1. The van der Waals surface area contributed by atoms with Gasteiger partial charge in [-0.2, -0.15) is 10.5 Å². The highest BCUT2D eigenvalue weighted by Gasteiger charge is 2.20. The lowest BCUT2D eigenvalue weighted by atomic mass is 9.97. The molecule has 0 aliphatic carbocycles. The van der Waals surface area contributed by atoms with Gasteiger partial charge in [-0.25, -0.2) is 4.98 Å². The smallest absolute Gasteiger partial charge is 0.316 e. The molecule has 6 nitrogen and oxygen atoms in total. The van der Waals surface area contributed by atoms with Gasteiger partial charge in [0.25, 0.3) is 0 Å². The lowest BCUT2D eigenvalue weighted by Crippen LogP contribution is -2.07. The summed E-state index contributed by atoms with van der Waals surface area (Å²) in [6.07, 6.45) is 0. The maximum absolute atomic E-state index is 11.3. The molecule has 114 valence electrons. The van der Waals surface area contributed by atoms with Gasteiger partial charge in [0.05, 0.1) is 18.4 Å². The van der Waals surface area contributed by atoms with Crippen LogP contribution in [-0.4, -0.2) is 23.8 Å². The van der Waals surface area contributed by atoms with E-state index in [2.05, 4.69) is 15.8 Å². The van der Waals surface area contributed by atoms with Crippen LogP contribution < -0.4 is 5.73 Å². The minimum Gasteiger partial charge on any atom is -0.468 e. The molecule has 2 N–H and O–H groups in total. The number of rotatable bonds is 4. The van der Waals surface area contributed by atoms with E-state index in [1.807, 2.05) is 12.1 Å². The Kier molecular flexibility index (Phi) is 5.19. The fourth-order valence-corrected chi connectivity index (χ4v) is 2.81. The molecule has 0 unspecified atom stereocenters. The average Bonchev–Trinajstić information content (AvgIpc) is 2.59. The molecule has 0 spiro atoms. The Balaban J connectivity index is 2.64. The minimum absolute atomic E-state index is 0.00223. The molecule has 0 bridgehead atoms. The third kappa shape index (κ3) is 3.42. The number of aromatic nitrogens is 1. The summed E-state index contributed by atoms with van der Waals surface area (Å²) in [7, 11) is 1.28. The van der Waals surface area contributed by atoms with Gasteiger partial charge in [0.2, 0.25) is 0 Å². The van der Waals surface area contributed by atoms with E-state index in [-0.39, 0.29) is 22.7 Å². The zero-order chi connectivity index (χ0) is 16.8. The number of ether oxygens (including phenoxy) is 1. The molecule has 1 aromatic carbocycles. The van der Waals surface area contributed by atoms with E-state index in [0.717, 1.165) is 11.8 Å². The van der Waals surface area contributed by atoms with Gasteiger partial charge >= 0.3 is 5.97 Å². The summed E-state index contributed by atoms with van der Waals surface area (Å²) in [5, 5.41) is 19.2. The molecule has 2 aromatic rings. The fourth-order valence-electron chi connectivity index (χ4n) is 1.98. The molecule has 0 saturated carbocycles. The first kappa shape index (κ1) is 16.3. The predicted octanol–water partition coefficient (Wildman–Crippen LogP) is 2.34. The second-order valence-corrected chi connectivity index (χ2v) is 5.35. The van der Waals surface area contributed by atoms with E-state index in [0.29, 0.717) is 16.2 Å². The summed E-state index contributed by atoms with van der Waals surface area (Å²) in [4.78, 5) is 15.4. The molecule has 0 radical (unpaired) electrons. The number of hydrogen-bond donors (Lipinski definition) is 1. The molecule has 23 heavy (non-hydrogen) atoms. The van der Waals surface area contributed by atoms with Crippen LogP contribution in [0, 0.1) is 22.7 Å². The van der Waals surface area contributed by atoms with Gasteiger partial charge < -0.3 is 10.5 Å². The summed E-state index contributed by atoms with van der Waals surface area (Å²) in [6, 6.07) is 13.1. The Bertz CT molecular complexity index is 823. The summed E-state index contributed by atoms with van der Waals surface area (Å²) in [5.74, 6) is -0.416. The molecule has 1 aromatic heterocycles. The predicted molar refractivity (Wildman–Crippen MR) is 86.3 cm³/mol. The zero-order valence-corrected chi connectivity index (χ0v) is 13.1. The Morgan fingerprint density at radius 3 is 2.48 bits per heavy atom. The van der Waals surface area contributed by atoms with Gasteiger partial charge in [0.1, 0.15) is 28.5 Å². The summed E-state index contributed by atoms with van der Waals surface area (Å²) in [5.41, 5.74) is 7.34. The van der Waals surface area contributed by atoms with Gasteiger partial charge in [-0.1, -0.05) is 42.1 Å². The molecule has 0 saturated heterocycles. The van der Waals surface area contributed by atoms with Crippen molar-refractivity contribution in [2.24, 2.45) is 0 Å². The number of nitrogens with zero attached hydrogens (tertiary/aromatic N) is 3. The van der Waals surface area contributed by atoms with Crippen LogP contribution in [0.1, 0.15) is 11.1 Å². The summed E-state index contributed by atoms with van der Waals surface area (Å²) < 4.78 is 4.58. The maximum atomic E-state index is 11.3. The Labute approximate surface area is 137 Å². The molecule has 2 rings (SSSR count). The van der Waals surface area contributed by atoms with Gasteiger partial charge in [-0.3, -0.25) is 4.79 Å². The number of nitrogen functional groups attached to an aromatic ring is 1. The number of benzene rings is 1. The third-order valence-corrected chi connectivity index (χ3v) is 3.98. The zero-order valence-electron chi connectivity index (χ0n) is 12.2. The number of hydrogen-bond acceptors (Lipinski definition) is 7. The number of methoxy groups -OCH3 is 1. The average molecular weight is 324 g/mol. The monoisotopic (exact) mass is 324 g/mol. The van der Waals surface area contributed by atoms with Gasteiger partial charge in [0.15, 0.2) is 0 Å². The molecule has 0 amide bonds. The number of thioether (sulfide) groups is 1. The van der Waals surface area contributed by atoms with Gasteiger partial charge in [0, 0.05) is 5.56 Å². The lowest BCUT2D eigenvalue weighted by molar-refractivity contribution is -0.137. The van der Waals surface area contributed by atoms with Crippen molar-refractivity contribution in [2.75, 3.05) is 18.6 Å². The molecule has 0 fully saturated rings. The quantitative estimate of drug-likeness (QED) is 0.678. The standard InChI is InChI=1S/C16H12N4O2S/c1-22-13(21)9-23-16-12(8-18)14(10-5-3-2-4-6-10)11(7-17)15(19)20-16/h2-6H,9H2,1H3,(H2,19,20). The molecule has 1 heterocycles. The fraction of sp³-hybridized carbons (Fsp3) is 0.125. The Hall–Kier alpha value is -3.03. The molecule has 0 aliphatic heterocycles. The number of nitriles is 2. The minimum atomic E-state index is -0.440.